The molecule has 0 unspecified atom stereocenters. The Balaban J connectivity index is 2.69. The van der Waals surface area contributed by atoms with Crippen LogP contribution in [0.25, 0.3) is 0 Å². The number of primary amides is 1. The monoisotopic (exact) mass is 207 g/mol. The molecule has 0 saturated carbocycles. The van der Waals surface area contributed by atoms with Crippen LogP contribution in [0.1, 0.15) is 32.0 Å². The molecule has 4 nitrogen and oxygen atoms in total. The van der Waals surface area contributed by atoms with E-state index in [1.807, 2.05) is 12.1 Å². The second-order valence-electron chi connectivity index (χ2n) is 4.52. The maximum absolute atomic E-state index is 10.5. The number of nitrogens with zero attached hydrogens (tertiary/aromatic N) is 1. The minimum Gasteiger partial charge on any atom is -0.352 e. The van der Waals surface area contributed by atoms with Crippen LogP contribution >= 0.6 is 0 Å². The van der Waals surface area contributed by atoms with Crippen molar-refractivity contribution in [1.82, 2.24) is 10.3 Å². The second kappa shape index (κ2) is 4.29. The Kier molecular flexibility index (Phi) is 3.29. The molecule has 4 heteroatoms. The van der Waals surface area contributed by atoms with Crippen molar-refractivity contribution in [2.24, 2.45) is 5.73 Å². The molecule has 1 aromatic heterocycles. The van der Waals surface area contributed by atoms with Gasteiger partial charge in [0.15, 0.2) is 0 Å². The van der Waals surface area contributed by atoms with Crippen LogP contribution in [0, 0.1) is 0 Å². The molecule has 0 saturated heterocycles. The zero-order chi connectivity index (χ0) is 11.5. The summed E-state index contributed by atoms with van der Waals surface area (Å²) < 4.78 is 0. The lowest BCUT2D eigenvalue weighted by molar-refractivity contribution is 0.248. The third-order valence-electron chi connectivity index (χ3n) is 2.06. The van der Waals surface area contributed by atoms with E-state index in [2.05, 4.69) is 31.1 Å². The molecule has 1 heterocycles. The molecule has 0 atom stereocenters. The van der Waals surface area contributed by atoms with Gasteiger partial charge in [-0.25, -0.2) is 4.79 Å². The topological polar surface area (TPSA) is 68.0 Å². The summed E-state index contributed by atoms with van der Waals surface area (Å²) in [5.41, 5.74) is 7.00. The molecule has 3 N–H and O–H groups in total. The lowest BCUT2D eigenvalue weighted by Crippen LogP contribution is -2.28. The highest BCUT2D eigenvalue weighted by molar-refractivity contribution is 5.71. The number of pyridine rings is 1. The Labute approximate surface area is 89.9 Å². The van der Waals surface area contributed by atoms with E-state index in [4.69, 9.17) is 5.73 Å². The summed E-state index contributed by atoms with van der Waals surface area (Å²) in [6.07, 6.45) is 1.76. The van der Waals surface area contributed by atoms with Crippen LogP contribution in [0.3, 0.4) is 0 Å². The summed E-state index contributed by atoms with van der Waals surface area (Å²) in [7, 11) is 0. The number of rotatable bonds is 2. The molecule has 15 heavy (non-hydrogen) atoms. The zero-order valence-corrected chi connectivity index (χ0v) is 9.37. The van der Waals surface area contributed by atoms with Crippen molar-refractivity contribution in [2.75, 3.05) is 0 Å². The number of nitrogens with one attached hydrogen (secondary N) is 1. The van der Waals surface area contributed by atoms with Gasteiger partial charge in [-0.05, 0) is 11.6 Å². The molecule has 0 aliphatic heterocycles. The van der Waals surface area contributed by atoms with Gasteiger partial charge in [0.2, 0.25) is 0 Å². The molecule has 0 fully saturated rings. The fourth-order valence-electron chi connectivity index (χ4n) is 1.16. The minimum atomic E-state index is -0.519. The molecule has 2 amide bonds. The minimum absolute atomic E-state index is 0.0512. The highest BCUT2D eigenvalue weighted by Gasteiger charge is 2.14. The van der Waals surface area contributed by atoms with E-state index in [9.17, 15) is 4.79 Å². The van der Waals surface area contributed by atoms with Gasteiger partial charge in [0.05, 0.1) is 0 Å². The van der Waals surface area contributed by atoms with E-state index in [0.29, 0.717) is 6.54 Å². The van der Waals surface area contributed by atoms with E-state index in [0.717, 1.165) is 11.3 Å². The van der Waals surface area contributed by atoms with Gasteiger partial charge in [0.25, 0.3) is 0 Å². The van der Waals surface area contributed by atoms with Gasteiger partial charge >= 0.3 is 6.03 Å². The van der Waals surface area contributed by atoms with Crippen molar-refractivity contribution in [3.8, 4) is 0 Å². The van der Waals surface area contributed by atoms with Gasteiger partial charge in [-0.2, -0.15) is 0 Å². The number of aromatic nitrogens is 1. The number of nitrogens with two attached hydrogens (primary N) is 1. The molecule has 0 aliphatic carbocycles. The molecular formula is C11H17N3O. The number of urea groups is 1. The number of hydrogen-bond donors (Lipinski definition) is 2. The first kappa shape index (κ1) is 11.5. The summed E-state index contributed by atoms with van der Waals surface area (Å²) in [5.74, 6) is 0. The molecule has 0 bridgehead atoms. The van der Waals surface area contributed by atoms with E-state index in [1.54, 1.807) is 6.20 Å². The summed E-state index contributed by atoms with van der Waals surface area (Å²) >= 11 is 0. The third kappa shape index (κ3) is 3.58. The summed E-state index contributed by atoms with van der Waals surface area (Å²) in [6, 6.07) is 3.40. The van der Waals surface area contributed by atoms with Gasteiger partial charge in [-0.1, -0.05) is 26.8 Å². The van der Waals surface area contributed by atoms with Crippen molar-refractivity contribution >= 4 is 6.03 Å². The van der Waals surface area contributed by atoms with Crippen LogP contribution in [0.4, 0.5) is 4.79 Å². The largest absolute Gasteiger partial charge is 0.352 e. The third-order valence-corrected chi connectivity index (χ3v) is 2.06. The van der Waals surface area contributed by atoms with Crippen LogP contribution < -0.4 is 11.1 Å². The SMILES string of the molecule is CC(C)(C)c1ccc(CNC(N)=O)cn1. The first-order chi connectivity index (χ1) is 6.89. The number of carbonyl (C=O) groups is 1. The summed E-state index contributed by atoms with van der Waals surface area (Å²) in [4.78, 5) is 14.8. The lowest BCUT2D eigenvalue weighted by atomic mass is 9.91. The van der Waals surface area contributed by atoms with Crippen molar-refractivity contribution in [3.05, 3.63) is 29.6 Å². The van der Waals surface area contributed by atoms with Gasteiger partial charge in [-0.15, -0.1) is 0 Å². The fourth-order valence-corrected chi connectivity index (χ4v) is 1.16. The highest BCUT2D eigenvalue weighted by atomic mass is 16.2. The average molecular weight is 207 g/mol. The molecule has 0 spiro atoms. The van der Waals surface area contributed by atoms with Crippen molar-refractivity contribution in [2.45, 2.75) is 32.7 Å². The lowest BCUT2D eigenvalue weighted by Gasteiger charge is -2.17. The first-order valence-electron chi connectivity index (χ1n) is 4.88. The molecule has 0 aliphatic rings. The molecule has 82 valence electrons. The maximum Gasteiger partial charge on any atom is 0.312 e. The Morgan fingerprint density at radius 1 is 1.47 bits per heavy atom. The summed E-state index contributed by atoms with van der Waals surface area (Å²) in [5, 5.41) is 2.52. The number of carbonyl (C=O) groups excluding carboxylic acids is 1. The Hall–Kier alpha value is -1.58. The van der Waals surface area contributed by atoms with Gasteiger partial charge in [0.1, 0.15) is 0 Å². The summed E-state index contributed by atoms with van der Waals surface area (Å²) in [6.45, 7) is 6.75. The van der Waals surface area contributed by atoms with Crippen LogP contribution in [0.15, 0.2) is 18.3 Å². The molecule has 1 rings (SSSR count). The highest BCUT2D eigenvalue weighted by Crippen LogP contribution is 2.19. The van der Waals surface area contributed by atoms with Crippen LogP contribution in [0.5, 0.6) is 0 Å². The fraction of sp³-hybridized carbons (Fsp3) is 0.455. The van der Waals surface area contributed by atoms with Crippen LogP contribution in [-0.4, -0.2) is 11.0 Å². The van der Waals surface area contributed by atoms with Gasteiger partial charge in [0, 0.05) is 23.9 Å². The van der Waals surface area contributed by atoms with E-state index in [1.165, 1.54) is 0 Å². The van der Waals surface area contributed by atoms with Crippen molar-refractivity contribution in [3.63, 3.8) is 0 Å². The van der Waals surface area contributed by atoms with Crippen molar-refractivity contribution < 1.29 is 4.79 Å². The average Bonchev–Trinajstić information content (AvgIpc) is 2.14. The van der Waals surface area contributed by atoms with Crippen LogP contribution in [-0.2, 0) is 12.0 Å². The standard InChI is InChI=1S/C11H17N3O/c1-11(2,3)9-5-4-8(6-13-9)7-14-10(12)15/h4-6H,7H2,1-3H3,(H3,12,14,15). The zero-order valence-electron chi connectivity index (χ0n) is 9.37. The van der Waals surface area contributed by atoms with Crippen LogP contribution in [0.2, 0.25) is 0 Å². The maximum atomic E-state index is 10.5. The molecular weight excluding hydrogens is 190 g/mol. The smallest absolute Gasteiger partial charge is 0.312 e. The number of amides is 2. The predicted molar refractivity (Wildman–Crippen MR) is 59.4 cm³/mol. The normalized spacial score (nSPS) is 11.1. The quantitative estimate of drug-likeness (QED) is 0.772. The van der Waals surface area contributed by atoms with Crippen molar-refractivity contribution in [1.29, 1.82) is 0 Å². The second-order valence-corrected chi connectivity index (χ2v) is 4.52. The Bertz CT molecular complexity index is 338. The Morgan fingerprint density at radius 2 is 2.13 bits per heavy atom. The molecule has 0 aromatic carbocycles. The Morgan fingerprint density at radius 3 is 2.53 bits per heavy atom. The number of hydrogen-bond acceptors (Lipinski definition) is 2. The van der Waals surface area contributed by atoms with Gasteiger partial charge < -0.3 is 11.1 Å². The van der Waals surface area contributed by atoms with E-state index < -0.39 is 6.03 Å². The molecule has 1 aromatic rings. The first-order valence-corrected chi connectivity index (χ1v) is 4.88. The van der Waals surface area contributed by atoms with E-state index in [-0.39, 0.29) is 5.41 Å². The predicted octanol–water partition coefficient (Wildman–Crippen LogP) is 1.55. The van der Waals surface area contributed by atoms with E-state index >= 15 is 0 Å². The van der Waals surface area contributed by atoms with Gasteiger partial charge in [-0.3, -0.25) is 4.98 Å². The molecule has 0 radical (unpaired) electrons.